The van der Waals surface area contributed by atoms with E-state index in [-0.39, 0.29) is 17.8 Å². The molecule has 0 spiro atoms. The van der Waals surface area contributed by atoms with Gasteiger partial charge in [-0.1, -0.05) is 6.07 Å². The quantitative estimate of drug-likeness (QED) is 0.481. The van der Waals surface area contributed by atoms with Gasteiger partial charge in [0.25, 0.3) is 5.91 Å². The SMILES string of the molecule is O=C(c1ccc2cc(Oc3ccc(C(F)(F)F)cn3)ccc2n1)N1CC(n2cncn2)C1. The van der Waals surface area contributed by atoms with Gasteiger partial charge in [0.05, 0.1) is 17.1 Å². The zero-order valence-corrected chi connectivity index (χ0v) is 16.4. The molecule has 0 unspecified atom stereocenters. The number of hydrogen-bond acceptors (Lipinski definition) is 6. The van der Waals surface area contributed by atoms with Gasteiger partial charge in [0, 0.05) is 30.7 Å². The van der Waals surface area contributed by atoms with Gasteiger partial charge in [-0.15, -0.1) is 0 Å². The number of halogens is 3. The number of fused-ring (bicyclic) bond motifs is 1. The summed E-state index contributed by atoms with van der Waals surface area (Å²) in [4.78, 5) is 26.4. The fourth-order valence-electron chi connectivity index (χ4n) is 3.37. The topological polar surface area (TPSA) is 86.0 Å². The summed E-state index contributed by atoms with van der Waals surface area (Å²) in [5, 5.41) is 4.80. The van der Waals surface area contributed by atoms with Crippen LogP contribution in [0.5, 0.6) is 11.6 Å². The number of aromatic nitrogens is 5. The number of likely N-dealkylation sites (tertiary alicyclic amines) is 1. The molecule has 4 aromatic rings. The molecule has 0 saturated carbocycles. The third kappa shape index (κ3) is 3.84. The summed E-state index contributed by atoms with van der Waals surface area (Å²) in [7, 11) is 0. The molecular weight excluding hydrogens is 425 g/mol. The third-order valence-electron chi connectivity index (χ3n) is 5.13. The lowest BCUT2D eigenvalue weighted by Gasteiger charge is -2.38. The van der Waals surface area contributed by atoms with Crippen molar-refractivity contribution in [3.8, 4) is 11.6 Å². The van der Waals surface area contributed by atoms with E-state index in [1.165, 1.54) is 6.33 Å². The van der Waals surface area contributed by atoms with Crippen LogP contribution in [0.1, 0.15) is 22.1 Å². The molecule has 0 N–H and O–H groups in total. The second-order valence-corrected chi connectivity index (χ2v) is 7.28. The highest BCUT2D eigenvalue weighted by Gasteiger charge is 2.33. The minimum Gasteiger partial charge on any atom is -0.439 e. The van der Waals surface area contributed by atoms with Crippen LogP contribution in [0.15, 0.2) is 61.3 Å². The zero-order valence-electron chi connectivity index (χ0n) is 16.4. The maximum absolute atomic E-state index is 12.7. The van der Waals surface area contributed by atoms with Gasteiger partial charge < -0.3 is 9.64 Å². The van der Waals surface area contributed by atoms with Crippen LogP contribution in [0.3, 0.4) is 0 Å². The molecule has 11 heteroatoms. The van der Waals surface area contributed by atoms with E-state index in [1.807, 2.05) is 0 Å². The largest absolute Gasteiger partial charge is 0.439 e. The van der Waals surface area contributed by atoms with Gasteiger partial charge >= 0.3 is 6.18 Å². The summed E-state index contributed by atoms with van der Waals surface area (Å²) in [6.07, 6.45) is -0.650. The van der Waals surface area contributed by atoms with Gasteiger partial charge in [0.1, 0.15) is 24.1 Å². The molecule has 32 heavy (non-hydrogen) atoms. The molecule has 3 aromatic heterocycles. The fourth-order valence-corrected chi connectivity index (χ4v) is 3.37. The lowest BCUT2D eigenvalue weighted by atomic mass is 10.1. The summed E-state index contributed by atoms with van der Waals surface area (Å²) >= 11 is 0. The molecule has 1 aliphatic heterocycles. The predicted octanol–water partition coefficient (Wildman–Crippen LogP) is 3.73. The Morgan fingerprint density at radius 2 is 1.94 bits per heavy atom. The Bertz CT molecular complexity index is 1270. The number of ether oxygens (including phenoxy) is 1. The van der Waals surface area contributed by atoms with Crippen molar-refractivity contribution in [3.63, 3.8) is 0 Å². The monoisotopic (exact) mass is 440 g/mol. The van der Waals surface area contributed by atoms with Crippen molar-refractivity contribution in [2.45, 2.75) is 12.2 Å². The van der Waals surface area contributed by atoms with E-state index < -0.39 is 11.7 Å². The molecule has 1 saturated heterocycles. The van der Waals surface area contributed by atoms with Gasteiger partial charge in [-0.05, 0) is 30.3 Å². The Morgan fingerprint density at radius 3 is 2.62 bits per heavy atom. The van der Waals surface area contributed by atoms with Crippen LogP contribution in [0.25, 0.3) is 10.9 Å². The maximum Gasteiger partial charge on any atom is 0.417 e. The average molecular weight is 440 g/mol. The van der Waals surface area contributed by atoms with Crippen LogP contribution in [-0.4, -0.2) is 48.6 Å². The lowest BCUT2D eigenvalue weighted by Crippen LogP contribution is -2.51. The molecule has 8 nitrogen and oxygen atoms in total. The van der Waals surface area contributed by atoms with E-state index in [2.05, 4.69) is 20.1 Å². The number of rotatable bonds is 4. The van der Waals surface area contributed by atoms with Gasteiger partial charge in [-0.25, -0.2) is 19.6 Å². The number of amides is 1. The molecule has 0 aliphatic carbocycles. The second-order valence-electron chi connectivity index (χ2n) is 7.28. The molecule has 1 fully saturated rings. The normalized spacial score (nSPS) is 14.4. The van der Waals surface area contributed by atoms with Crippen LogP contribution in [0.4, 0.5) is 13.2 Å². The first kappa shape index (κ1) is 19.9. The summed E-state index contributed by atoms with van der Waals surface area (Å²) in [6.45, 7) is 1.07. The number of hydrogen-bond donors (Lipinski definition) is 0. The third-order valence-corrected chi connectivity index (χ3v) is 5.13. The van der Waals surface area contributed by atoms with E-state index in [1.54, 1.807) is 46.2 Å². The lowest BCUT2D eigenvalue weighted by molar-refractivity contribution is -0.137. The van der Waals surface area contributed by atoms with Crippen molar-refractivity contribution >= 4 is 16.8 Å². The van der Waals surface area contributed by atoms with Crippen LogP contribution >= 0.6 is 0 Å². The van der Waals surface area contributed by atoms with Crippen LogP contribution in [0, 0.1) is 0 Å². The van der Waals surface area contributed by atoms with Crippen molar-refractivity contribution in [3.05, 3.63) is 72.6 Å². The number of carbonyl (C=O) groups is 1. The minimum atomic E-state index is -4.46. The summed E-state index contributed by atoms with van der Waals surface area (Å²) in [5.74, 6) is 0.262. The van der Waals surface area contributed by atoms with Crippen molar-refractivity contribution in [1.82, 2.24) is 29.6 Å². The molecule has 1 aromatic carbocycles. The number of carbonyl (C=O) groups excluding carboxylic acids is 1. The van der Waals surface area contributed by atoms with Crippen LogP contribution < -0.4 is 4.74 Å². The summed E-state index contributed by atoms with van der Waals surface area (Å²) in [5.41, 5.74) is 0.0733. The van der Waals surface area contributed by atoms with Crippen LogP contribution in [0.2, 0.25) is 0 Å². The molecule has 1 amide bonds. The second kappa shape index (κ2) is 7.59. The highest BCUT2D eigenvalue weighted by Crippen LogP contribution is 2.30. The molecule has 0 bridgehead atoms. The Labute approximate surface area is 179 Å². The number of alkyl halides is 3. The van der Waals surface area contributed by atoms with Crippen molar-refractivity contribution in [2.24, 2.45) is 0 Å². The Morgan fingerprint density at radius 1 is 1.09 bits per heavy atom. The smallest absolute Gasteiger partial charge is 0.417 e. The Balaban J connectivity index is 1.28. The minimum absolute atomic E-state index is 0.0387. The molecule has 0 atom stereocenters. The standard InChI is InChI=1S/C21H15F3N6O2/c22-21(23,24)14-2-6-19(26-8-14)32-16-3-5-17-13(7-16)1-4-18(28-17)20(31)29-9-15(10-29)30-12-25-11-27-30/h1-8,11-12,15H,9-10H2. The van der Waals surface area contributed by atoms with E-state index in [4.69, 9.17) is 4.74 Å². The van der Waals surface area contributed by atoms with Gasteiger partial charge in [0.15, 0.2) is 0 Å². The first-order chi connectivity index (χ1) is 15.4. The maximum atomic E-state index is 12.7. The number of pyridine rings is 2. The van der Waals surface area contributed by atoms with E-state index in [0.29, 0.717) is 30.0 Å². The van der Waals surface area contributed by atoms with Crippen molar-refractivity contribution in [2.75, 3.05) is 13.1 Å². The summed E-state index contributed by atoms with van der Waals surface area (Å²) < 4.78 is 45.2. The number of benzene rings is 1. The van der Waals surface area contributed by atoms with Crippen molar-refractivity contribution < 1.29 is 22.7 Å². The number of nitrogens with zero attached hydrogens (tertiary/aromatic N) is 6. The van der Waals surface area contributed by atoms with Gasteiger partial charge in [0.2, 0.25) is 5.88 Å². The fraction of sp³-hybridized carbons (Fsp3) is 0.190. The Kier molecular flexibility index (Phi) is 4.72. The van der Waals surface area contributed by atoms with E-state index in [9.17, 15) is 18.0 Å². The molecule has 162 valence electrons. The van der Waals surface area contributed by atoms with Crippen molar-refractivity contribution in [1.29, 1.82) is 0 Å². The predicted molar refractivity (Wildman–Crippen MR) is 106 cm³/mol. The summed E-state index contributed by atoms with van der Waals surface area (Å²) in [6, 6.07) is 10.5. The zero-order chi connectivity index (χ0) is 22.3. The van der Waals surface area contributed by atoms with Gasteiger partial charge in [-0.2, -0.15) is 18.3 Å². The molecular formula is C21H15F3N6O2. The molecule has 1 aliphatic rings. The first-order valence-electron chi connectivity index (χ1n) is 9.62. The molecule has 0 radical (unpaired) electrons. The van der Waals surface area contributed by atoms with E-state index >= 15 is 0 Å². The Hall–Kier alpha value is -4.02. The highest BCUT2D eigenvalue weighted by atomic mass is 19.4. The molecule has 4 heterocycles. The van der Waals surface area contributed by atoms with E-state index in [0.717, 1.165) is 23.7 Å². The first-order valence-corrected chi connectivity index (χ1v) is 9.62. The van der Waals surface area contributed by atoms with Crippen LogP contribution in [-0.2, 0) is 6.18 Å². The van der Waals surface area contributed by atoms with Gasteiger partial charge in [-0.3, -0.25) is 4.79 Å². The highest BCUT2D eigenvalue weighted by molar-refractivity contribution is 5.95. The average Bonchev–Trinajstić information content (AvgIpc) is 3.26. The molecule has 5 rings (SSSR count).